The highest BCUT2D eigenvalue weighted by Crippen LogP contribution is 2.00. The van der Waals surface area contributed by atoms with Gasteiger partial charge in [0.05, 0.1) is 0 Å². The van der Waals surface area contributed by atoms with Crippen LogP contribution in [0.3, 0.4) is 0 Å². The van der Waals surface area contributed by atoms with E-state index in [9.17, 15) is 0 Å². The van der Waals surface area contributed by atoms with Crippen molar-refractivity contribution in [2.75, 3.05) is 26.2 Å². The lowest BCUT2D eigenvalue weighted by atomic mass is 10.1. The summed E-state index contributed by atoms with van der Waals surface area (Å²) in [6.07, 6.45) is 3.22. The van der Waals surface area contributed by atoms with E-state index in [-0.39, 0.29) is 0 Å². The Balaban J connectivity index is 3.33. The first kappa shape index (κ1) is 12.9. The van der Waals surface area contributed by atoms with E-state index in [2.05, 4.69) is 24.5 Å². The Kier molecular flexibility index (Phi) is 9.87. The fourth-order valence-corrected chi connectivity index (χ4v) is 1.44. The van der Waals surface area contributed by atoms with Gasteiger partial charge in [0.2, 0.25) is 0 Å². The Labute approximate surface area is 81.9 Å². The zero-order valence-electron chi connectivity index (χ0n) is 8.97. The van der Waals surface area contributed by atoms with Crippen LogP contribution in [0.15, 0.2) is 0 Å². The average molecular weight is 188 g/mol. The van der Waals surface area contributed by atoms with Gasteiger partial charge in [-0.05, 0) is 38.9 Å². The highest BCUT2D eigenvalue weighted by molar-refractivity contribution is 4.65. The number of hydrogen-bond donors (Lipinski definition) is 3. The zero-order chi connectivity index (χ0) is 9.94. The maximum absolute atomic E-state index is 8.81. The molecule has 0 heterocycles. The molecule has 0 rings (SSSR count). The SMILES string of the molecule is CCNCCCC(CCO)NCC. The van der Waals surface area contributed by atoms with E-state index in [1.54, 1.807) is 0 Å². The van der Waals surface area contributed by atoms with Crippen LogP contribution in [0.5, 0.6) is 0 Å². The minimum atomic E-state index is 0.291. The molecule has 0 fully saturated rings. The third-order valence-corrected chi connectivity index (χ3v) is 2.13. The number of hydrogen-bond acceptors (Lipinski definition) is 3. The normalized spacial score (nSPS) is 13.2. The van der Waals surface area contributed by atoms with Gasteiger partial charge in [-0.3, -0.25) is 0 Å². The average Bonchev–Trinajstić information content (AvgIpc) is 2.13. The van der Waals surface area contributed by atoms with E-state index >= 15 is 0 Å². The molecule has 0 saturated heterocycles. The standard InChI is InChI=1S/C10H24N2O/c1-3-11-8-5-6-10(7-9-13)12-4-2/h10-13H,3-9H2,1-2H3. The zero-order valence-corrected chi connectivity index (χ0v) is 8.97. The lowest BCUT2D eigenvalue weighted by Crippen LogP contribution is -2.30. The van der Waals surface area contributed by atoms with Crippen molar-refractivity contribution in [3.63, 3.8) is 0 Å². The van der Waals surface area contributed by atoms with Gasteiger partial charge < -0.3 is 15.7 Å². The van der Waals surface area contributed by atoms with Gasteiger partial charge >= 0.3 is 0 Å². The maximum Gasteiger partial charge on any atom is 0.0445 e. The van der Waals surface area contributed by atoms with E-state index < -0.39 is 0 Å². The molecule has 13 heavy (non-hydrogen) atoms. The van der Waals surface area contributed by atoms with E-state index in [4.69, 9.17) is 5.11 Å². The molecular weight excluding hydrogens is 164 g/mol. The van der Waals surface area contributed by atoms with E-state index in [1.807, 2.05) is 0 Å². The van der Waals surface area contributed by atoms with E-state index in [0.717, 1.165) is 32.5 Å². The molecule has 3 N–H and O–H groups in total. The summed E-state index contributed by atoms with van der Waals surface area (Å²) >= 11 is 0. The molecule has 0 aromatic heterocycles. The minimum Gasteiger partial charge on any atom is -0.396 e. The highest BCUT2D eigenvalue weighted by atomic mass is 16.3. The number of nitrogens with one attached hydrogen (secondary N) is 2. The van der Waals surface area contributed by atoms with Crippen LogP contribution < -0.4 is 10.6 Å². The van der Waals surface area contributed by atoms with Crippen LogP contribution in [0, 0.1) is 0 Å². The summed E-state index contributed by atoms with van der Waals surface area (Å²) in [5.41, 5.74) is 0. The van der Waals surface area contributed by atoms with Gasteiger partial charge in [0.25, 0.3) is 0 Å². The lowest BCUT2D eigenvalue weighted by Gasteiger charge is -2.16. The second-order valence-electron chi connectivity index (χ2n) is 3.26. The summed E-state index contributed by atoms with van der Waals surface area (Å²) in [4.78, 5) is 0. The summed E-state index contributed by atoms with van der Waals surface area (Å²) in [5.74, 6) is 0. The first-order valence-electron chi connectivity index (χ1n) is 5.40. The predicted octanol–water partition coefficient (Wildman–Crippen LogP) is 0.737. The summed E-state index contributed by atoms with van der Waals surface area (Å²) < 4.78 is 0. The summed E-state index contributed by atoms with van der Waals surface area (Å²) in [5, 5.41) is 15.5. The monoisotopic (exact) mass is 188 g/mol. The lowest BCUT2D eigenvalue weighted by molar-refractivity contribution is 0.260. The van der Waals surface area contributed by atoms with Crippen LogP contribution in [0.1, 0.15) is 33.1 Å². The number of rotatable bonds is 9. The summed E-state index contributed by atoms with van der Waals surface area (Å²) in [6, 6.07) is 0.494. The molecule has 0 bridgehead atoms. The first-order valence-corrected chi connectivity index (χ1v) is 5.40. The largest absolute Gasteiger partial charge is 0.396 e. The van der Waals surface area contributed by atoms with E-state index in [1.165, 1.54) is 6.42 Å². The number of aliphatic hydroxyl groups is 1. The molecule has 0 aromatic rings. The summed E-state index contributed by atoms with van der Waals surface area (Å²) in [7, 11) is 0. The van der Waals surface area contributed by atoms with Crippen LogP contribution in [0.4, 0.5) is 0 Å². The van der Waals surface area contributed by atoms with Crippen LogP contribution in [0.2, 0.25) is 0 Å². The van der Waals surface area contributed by atoms with Crippen LogP contribution in [-0.4, -0.2) is 37.4 Å². The molecule has 0 aliphatic heterocycles. The Bertz CT molecular complexity index is 92.9. The smallest absolute Gasteiger partial charge is 0.0445 e. The van der Waals surface area contributed by atoms with Crippen molar-refractivity contribution in [3.05, 3.63) is 0 Å². The van der Waals surface area contributed by atoms with Crippen molar-refractivity contribution in [1.29, 1.82) is 0 Å². The Morgan fingerprint density at radius 1 is 1.15 bits per heavy atom. The van der Waals surface area contributed by atoms with Crippen molar-refractivity contribution in [1.82, 2.24) is 10.6 Å². The molecule has 0 radical (unpaired) electrons. The molecule has 0 amide bonds. The quantitative estimate of drug-likeness (QED) is 0.468. The van der Waals surface area contributed by atoms with Gasteiger partial charge in [-0.15, -0.1) is 0 Å². The van der Waals surface area contributed by atoms with Crippen molar-refractivity contribution in [2.45, 2.75) is 39.2 Å². The van der Waals surface area contributed by atoms with Crippen molar-refractivity contribution in [3.8, 4) is 0 Å². The molecule has 3 heteroatoms. The van der Waals surface area contributed by atoms with E-state index in [0.29, 0.717) is 12.6 Å². The minimum absolute atomic E-state index is 0.291. The summed E-state index contributed by atoms with van der Waals surface area (Å²) in [6.45, 7) is 7.64. The Morgan fingerprint density at radius 2 is 1.92 bits per heavy atom. The van der Waals surface area contributed by atoms with Gasteiger partial charge in [0.1, 0.15) is 0 Å². The molecule has 0 aliphatic rings. The van der Waals surface area contributed by atoms with Gasteiger partial charge in [-0.1, -0.05) is 13.8 Å². The molecule has 1 unspecified atom stereocenters. The fraction of sp³-hybridized carbons (Fsp3) is 1.00. The van der Waals surface area contributed by atoms with Gasteiger partial charge in [-0.25, -0.2) is 0 Å². The number of aliphatic hydroxyl groups excluding tert-OH is 1. The molecule has 0 spiro atoms. The van der Waals surface area contributed by atoms with Crippen molar-refractivity contribution in [2.24, 2.45) is 0 Å². The maximum atomic E-state index is 8.81. The van der Waals surface area contributed by atoms with Crippen molar-refractivity contribution < 1.29 is 5.11 Å². The molecular formula is C10H24N2O. The second-order valence-corrected chi connectivity index (χ2v) is 3.26. The second kappa shape index (κ2) is 9.96. The molecule has 0 aliphatic carbocycles. The molecule has 1 atom stereocenters. The molecule has 3 nitrogen and oxygen atoms in total. The van der Waals surface area contributed by atoms with Gasteiger partial charge in [0, 0.05) is 12.6 Å². The Morgan fingerprint density at radius 3 is 2.46 bits per heavy atom. The molecule has 80 valence electrons. The van der Waals surface area contributed by atoms with Crippen molar-refractivity contribution >= 4 is 0 Å². The van der Waals surface area contributed by atoms with Crippen LogP contribution in [-0.2, 0) is 0 Å². The molecule has 0 saturated carbocycles. The Hall–Kier alpha value is -0.120. The van der Waals surface area contributed by atoms with Crippen LogP contribution >= 0.6 is 0 Å². The van der Waals surface area contributed by atoms with Crippen LogP contribution in [0.25, 0.3) is 0 Å². The van der Waals surface area contributed by atoms with Gasteiger partial charge in [0.15, 0.2) is 0 Å². The highest BCUT2D eigenvalue weighted by Gasteiger charge is 2.04. The topological polar surface area (TPSA) is 44.3 Å². The van der Waals surface area contributed by atoms with Gasteiger partial charge in [-0.2, -0.15) is 0 Å². The fourth-order valence-electron chi connectivity index (χ4n) is 1.44. The third kappa shape index (κ3) is 8.22. The first-order chi connectivity index (χ1) is 6.35. The predicted molar refractivity (Wildman–Crippen MR) is 56.9 cm³/mol. The molecule has 0 aromatic carbocycles. The third-order valence-electron chi connectivity index (χ3n) is 2.13.